The van der Waals surface area contributed by atoms with Crippen molar-refractivity contribution in [3.05, 3.63) is 58.2 Å². The minimum atomic E-state index is -0.00277. The molecule has 19 heavy (non-hydrogen) atoms. The molecular weight excluding hydrogens is 254 g/mol. The van der Waals surface area contributed by atoms with Gasteiger partial charge < -0.3 is 5.73 Å². The van der Waals surface area contributed by atoms with Gasteiger partial charge in [0.1, 0.15) is 0 Å². The van der Waals surface area contributed by atoms with E-state index in [1.54, 1.807) is 11.3 Å². The fraction of sp³-hybridized carbons (Fsp3) is 0.200. The number of pyridine rings is 1. The van der Waals surface area contributed by atoms with Crippen LogP contribution in [0.4, 0.5) is 0 Å². The second-order valence-corrected chi connectivity index (χ2v) is 5.85. The van der Waals surface area contributed by atoms with Gasteiger partial charge >= 0.3 is 0 Å². The Morgan fingerprint density at radius 2 is 2.05 bits per heavy atom. The second-order valence-electron chi connectivity index (χ2n) is 4.58. The highest BCUT2D eigenvalue weighted by Gasteiger charge is 2.12. The third-order valence-corrected chi connectivity index (χ3v) is 4.23. The molecule has 1 unspecified atom stereocenters. The Hall–Kier alpha value is -1.78. The summed E-state index contributed by atoms with van der Waals surface area (Å²) < 4.78 is 0. The molecule has 0 aliphatic heterocycles. The molecule has 2 aromatic heterocycles. The Balaban J connectivity index is 1.93. The summed E-state index contributed by atoms with van der Waals surface area (Å²) in [4.78, 5) is 9.78. The molecule has 1 aromatic carbocycles. The lowest BCUT2D eigenvalue weighted by atomic mass is 10.0. The van der Waals surface area contributed by atoms with Crippen LogP contribution in [0.5, 0.6) is 0 Å². The first-order valence-corrected chi connectivity index (χ1v) is 7.06. The van der Waals surface area contributed by atoms with Crippen LogP contribution in [0.15, 0.2) is 42.7 Å². The van der Waals surface area contributed by atoms with Crippen molar-refractivity contribution in [2.45, 2.75) is 19.4 Å². The lowest BCUT2D eigenvalue weighted by Gasteiger charge is -2.11. The smallest absolute Gasteiger partial charge is 0.0897 e. The molecule has 0 radical (unpaired) electrons. The van der Waals surface area contributed by atoms with Crippen molar-refractivity contribution >= 4 is 22.2 Å². The maximum atomic E-state index is 6.28. The van der Waals surface area contributed by atoms with Gasteiger partial charge in [0.15, 0.2) is 0 Å². The molecule has 0 bridgehead atoms. The summed E-state index contributed by atoms with van der Waals surface area (Å²) in [5.41, 5.74) is 8.54. The minimum Gasteiger partial charge on any atom is -0.323 e. The summed E-state index contributed by atoms with van der Waals surface area (Å²) in [7, 11) is 0. The van der Waals surface area contributed by atoms with Crippen LogP contribution in [0.25, 0.3) is 10.9 Å². The summed E-state index contributed by atoms with van der Waals surface area (Å²) in [5.74, 6) is 0. The number of nitrogens with two attached hydrogens (primary N) is 1. The van der Waals surface area contributed by atoms with E-state index in [-0.39, 0.29) is 6.04 Å². The highest BCUT2D eigenvalue weighted by molar-refractivity contribution is 7.11. The minimum absolute atomic E-state index is 0.00277. The molecule has 0 fully saturated rings. The number of para-hydroxylation sites is 1. The number of fused-ring (bicyclic) bond motifs is 1. The Labute approximate surface area is 116 Å². The number of rotatable bonds is 3. The Morgan fingerprint density at radius 1 is 1.21 bits per heavy atom. The predicted molar refractivity (Wildman–Crippen MR) is 79.2 cm³/mol. The van der Waals surface area contributed by atoms with E-state index in [1.807, 2.05) is 37.5 Å². The van der Waals surface area contributed by atoms with Gasteiger partial charge in [-0.2, -0.15) is 0 Å². The molecule has 3 aromatic rings. The predicted octanol–water partition coefficient (Wildman–Crippen LogP) is 3.24. The lowest BCUT2D eigenvalue weighted by Crippen LogP contribution is -2.12. The average Bonchev–Trinajstić information content (AvgIpc) is 2.86. The third-order valence-electron chi connectivity index (χ3n) is 3.18. The molecule has 0 amide bonds. The van der Waals surface area contributed by atoms with Crippen molar-refractivity contribution in [3.8, 4) is 0 Å². The molecule has 3 rings (SSSR count). The highest BCUT2D eigenvalue weighted by Crippen LogP contribution is 2.25. The monoisotopic (exact) mass is 269 g/mol. The SMILES string of the molecule is Cc1ncc(C(N)Cc2ccnc3ccccc23)s1. The fourth-order valence-electron chi connectivity index (χ4n) is 2.22. The van der Waals surface area contributed by atoms with Crippen LogP contribution in [0.2, 0.25) is 0 Å². The number of nitrogens with zero attached hydrogens (tertiary/aromatic N) is 2. The molecule has 3 nitrogen and oxygen atoms in total. The summed E-state index contributed by atoms with van der Waals surface area (Å²) >= 11 is 1.67. The molecule has 2 heterocycles. The van der Waals surface area contributed by atoms with E-state index in [9.17, 15) is 0 Å². The van der Waals surface area contributed by atoms with E-state index in [0.29, 0.717) is 0 Å². The number of aromatic nitrogens is 2. The number of hydrogen-bond donors (Lipinski definition) is 1. The van der Waals surface area contributed by atoms with E-state index in [2.05, 4.69) is 22.1 Å². The summed E-state index contributed by atoms with van der Waals surface area (Å²) in [6, 6.07) is 10.2. The van der Waals surface area contributed by atoms with Crippen molar-refractivity contribution in [3.63, 3.8) is 0 Å². The van der Waals surface area contributed by atoms with Crippen LogP contribution in [0.3, 0.4) is 0 Å². The van der Waals surface area contributed by atoms with Crippen molar-refractivity contribution in [2.75, 3.05) is 0 Å². The zero-order chi connectivity index (χ0) is 13.2. The van der Waals surface area contributed by atoms with Gasteiger partial charge in [-0.05, 0) is 31.0 Å². The van der Waals surface area contributed by atoms with E-state index in [4.69, 9.17) is 5.73 Å². The summed E-state index contributed by atoms with van der Waals surface area (Å²) in [6.45, 7) is 2.00. The molecule has 0 saturated carbocycles. The van der Waals surface area contributed by atoms with Crippen LogP contribution in [-0.4, -0.2) is 9.97 Å². The van der Waals surface area contributed by atoms with Crippen molar-refractivity contribution in [2.24, 2.45) is 5.73 Å². The van der Waals surface area contributed by atoms with Crippen LogP contribution in [0.1, 0.15) is 21.5 Å². The Morgan fingerprint density at radius 3 is 2.84 bits per heavy atom. The Bertz CT molecular complexity index is 700. The molecule has 1 atom stereocenters. The number of benzene rings is 1. The van der Waals surface area contributed by atoms with Crippen molar-refractivity contribution in [1.82, 2.24) is 9.97 Å². The normalized spacial score (nSPS) is 12.7. The number of aryl methyl sites for hydroxylation is 1. The van der Waals surface area contributed by atoms with Crippen LogP contribution in [-0.2, 0) is 6.42 Å². The highest BCUT2D eigenvalue weighted by atomic mass is 32.1. The van der Waals surface area contributed by atoms with Gasteiger partial charge in [0.2, 0.25) is 0 Å². The quantitative estimate of drug-likeness (QED) is 0.794. The van der Waals surface area contributed by atoms with Gasteiger partial charge in [-0.1, -0.05) is 18.2 Å². The first-order valence-electron chi connectivity index (χ1n) is 6.24. The van der Waals surface area contributed by atoms with Crippen molar-refractivity contribution < 1.29 is 0 Å². The van der Waals surface area contributed by atoms with Crippen LogP contribution >= 0.6 is 11.3 Å². The van der Waals surface area contributed by atoms with Gasteiger partial charge in [-0.25, -0.2) is 4.98 Å². The summed E-state index contributed by atoms with van der Waals surface area (Å²) in [6.07, 6.45) is 4.54. The van der Waals surface area contributed by atoms with Gasteiger partial charge in [-0.3, -0.25) is 4.98 Å². The molecule has 4 heteroatoms. The zero-order valence-corrected chi connectivity index (χ0v) is 11.5. The van der Waals surface area contributed by atoms with E-state index < -0.39 is 0 Å². The molecular formula is C15H15N3S. The first kappa shape index (κ1) is 12.3. The molecule has 96 valence electrons. The standard InChI is InChI=1S/C15H15N3S/c1-10-18-9-15(19-10)13(16)8-11-6-7-17-14-5-3-2-4-12(11)14/h2-7,9,13H,8,16H2,1H3. The molecule has 0 aliphatic carbocycles. The summed E-state index contributed by atoms with van der Waals surface area (Å²) in [5, 5.41) is 2.24. The van der Waals surface area contributed by atoms with Gasteiger partial charge in [-0.15, -0.1) is 11.3 Å². The van der Waals surface area contributed by atoms with Gasteiger partial charge in [0, 0.05) is 28.7 Å². The van der Waals surface area contributed by atoms with Gasteiger partial charge in [0.05, 0.1) is 10.5 Å². The third kappa shape index (κ3) is 2.50. The topological polar surface area (TPSA) is 51.8 Å². The Kier molecular flexibility index (Phi) is 3.27. The van der Waals surface area contributed by atoms with Crippen molar-refractivity contribution in [1.29, 1.82) is 0 Å². The molecule has 0 aliphatic rings. The average molecular weight is 269 g/mol. The molecule has 0 spiro atoms. The molecule has 2 N–H and O–H groups in total. The molecule has 0 saturated heterocycles. The fourth-order valence-corrected chi connectivity index (χ4v) is 3.01. The lowest BCUT2D eigenvalue weighted by molar-refractivity contribution is 0.737. The largest absolute Gasteiger partial charge is 0.323 e. The van der Waals surface area contributed by atoms with E-state index in [1.165, 1.54) is 10.9 Å². The number of thiazole rings is 1. The number of hydrogen-bond acceptors (Lipinski definition) is 4. The zero-order valence-electron chi connectivity index (χ0n) is 10.7. The van der Waals surface area contributed by atoms with E-state index in [0.717, 1.165) is 21.8 Å². The first-order chi connectivity index (χ1) is 9.24. The maximum Gasteiger partial charge on any atom is 0.0897 e. The van der Waals surface area contributed by atoms with Crippen LogP contribution < -0.4 is 5.73 Å². The second kappa shape index (κ2) is 5.07. The van der Waals surface area contributed by atoms with E-state index >= 15 is 0 Å². The van der Waals surface area contributed by atoms with Gasteiger partial charge in [0.25, 0.3) is 0 Å². The maximum absolute atomic E-state index is 6.28. The van der Waals surface area contributed by atoms with Crippen LogP contribution in [0, 0.1) is 6.92 Å².